The van der Waals surface area contributed by atoms with E-state index in [1.165, 1.54) is 22.6 Å². The minimum absolute atomic E-state index is 0.00807. The molecule has 0 radical (unpaired) electrons. The highest BCUT2D eigenvalue weighted by Crippen LogP contribution is 2.25. The van der Waals surface area contributed by atoms with Gasteiger partial charge in [-0.25, -0.2) is 13.4 Å². The maximum Gasteiger partial charge on any atom is 0.245 e. The standard InChI is InChI=1S/C16H15BrClN3O3S/c17-12-3-1-11(2-4-12)10-21(14-7-8-19-16(14)22)25(23,24)13-5-6-15(18)20-9-13/h1-6,9,14H,7-8,10H2,(H,19,22)/t14-/m1/s1. The van der Waals surface area contributed by atoms with E-state index < -0.39 is 16.1 Å². The van der Waals surface area contributed by atoms with E-state index >= 15 is 0 Å². The highest BCUT2D eigenvalue weighted by molar-refractivity contribution is 9.10. The van der Waals surface area contributed by atoms with Crippen molar-refractivity contribution < 1.29 is 13.2 Å². The molecule has 9 heteroatoms. The van der Waals surface area contributed by atoms with Crippen LogP contribution in [0.3, 0.4) is 0 Å². The molecular weight excluding hydrogens is 430 g/mol. The van der Waals surface area contributed by atoms with E-state index in [-0.39, 0.29) is 22.5 Å². The Morgan fingerprint density at radius 1 is 1.24 bits per heavy atom. The minimum Gasteiger partial charge on any atom is -0.355 e. The Hall–Kier alpha value is -1.48. The van der Waals surface area contributed by atoms with E-state index in [1.54, 1.807) is 0 Å². The molecule has 1 amide bonds. The van der Waals surface area contributed by atoms with E-state index in [0.29, 0.717) is 13.0 Å². The first kappa shape index (κ1) is 18.3. The molecule has 2 heterocycles. The lowest BCUT2D eigenvalue weighted by Gasteiger charge is -2.26. The molecule has 1 saturated heterocycles. The molecule has 1 aliphatic heterocycles. The maximum atomic E-state index is 13.1. The van der Waals surface area contributed by atoms with Crippen LogP contribution in [-0.4, -0.2) is 36.2 Å². The number of nitrogens with zero attached hydrogens (tertiary/aromatic N) is 2. The molecule has 0 saturated carbocycles. The predicted octanol–water partition coefficient (Wildman–Crippen LogP) is 2.58. The fraction of sp³-hybridized carbons (Fsp3) is 0.250. The molecule has 1 fully saturated rings. The summed E-state index contributed by atoms with van der Waals surface area (Å²) < 4.78 is 28.3. The number of carbonyl (C=O) groups is 1. The fourth-order valence-electron chi connectivity index (χ4n) is 2.64. The van der Waals surface area contributed by atoms with Crippen molar-refractivity contribution >= 4 is 43.5 Å². The average molecular weight is 445 g/mol. The van der Waals surface area contributed by atoms with Crippen molar-refractivity contribution in [2.45, 2.75) is 23.9 Å². The van der Waals surface area contributed by atoms with Gasteiger partial charge in [-0.15, -0.1) is 0 Å². The van der Waals surface area contributed by atoms with Gasteiger partial charge in [-0.2, -0.15) is 4.31 Å². The summed E-state index contributed by atoms with van der Waals surface area (Å²) >= 11 is 9.10. The third-order valence-electron chi connectivity index (χ3n) is 3.93. The number of halogens is 2. The molecule has 1 N–H and O–H groups in total. The SMILES string of the molecule is O=C1NCC[C@H]1N(Cc1ccc(Br)cc1)S(=O)(=O)c1ccc(Cl)nc1. The Morgan fingerprint density at radius 3 is 2.52 bits per heavy atom. The Bertz CT molecular complexity index is 873. The maximum absolute atomic E-state index is 13.1. The lowest BCUT2D eigenvalue weighted by atomic mass is 10.2. The van der Waals surface area contributed by atoms with Gasteiger partial charge >= 0.3 is 0 Å². The zero-order chi connectivity index (χ0) is 18.0. The first-order chi connectivity index (χ1) is 11.9. The normalized spacial score (nSPS) is 17.7. The van der Waals surface area contributed by atoms with Crippen LogP contribution >= 0.6 is 27.5 Å². The summed E-state index contributed by atoms with van der Waals surface area (Å²) in [6.07, 6.45) is 1.63. The molecule has 0 aliphatic carbocycles. The molecule has 0 bridgehead atoms. The number of aromatic nitrogens is 1. The zero-order valence-electron chi connectivity index (χ0n) is 13.0. The van der Waals surface area contributed by atoms with Crippen LogP contribution in [0.15, 0.2) is 52.0 Å². The molecule has 3 rings (SSSR count). The molecule has 0 spiro atoms. The highest BCUT2D eigenvalue weighted by atomic mass is 79.9. The molecule has 1 atom stereocenters. The molecule has 1 aromatic carbocycles. The van der Waals surface area contributed by atoms with Gasteiger partial charge in [0.05, 0.1) is 0 Å². The van der Waals surface area contributed by atoms with Gasteiger partial charge < -0.3 is 5.32 Å². The summed E-state index contributed by atoms with van der Waals surface area (Å²) in [6, 6.07) is 9.37. The van der Waals surface area contributed by atoms with Gasteiger partial charge in [-0.05, 0) is 36.2 Å². The van der Waals surface area contributed by atoms with E-state index in [0.717, 1.165) is 10.0 Å². The second-order valence-electron chi connectivity index (χ2n) is 5.59. The van der Waals surface area contributed by atoms with Gasteiger partial charge in [0.25, 0.3) is 0 Å². The first-order valence-corrected chi connectivity index (χ1v) is 10.1. The molecule has 6 nitrogen and oxygen atoms in total. The molecule has 132 valence electrons. The monoisotopic (exact) mass is 443 g/mol. The largest absolute Gasteiger partial charge is 0.355 e. The van der Waals surface area contributed by atoms with E-state index in [2.05, 4.69) is 26.2 Å². The Morgan fingerprint density at radius 2 is 1.96 bits per heavy atom. The quantitative estimate of drug-likeness (QED) is 0.719. The van der Waals surface area contributed by atoms with Crippen LogP contribution in [0.5, 0.6) is 0 Å². The van der Waals surface area contributed by atoms with Crippen molar-refractivity contribution in [3.8, 4) is 0 Å². The van der Waals surface area contributed by atoms with Crippen LogP contribution in [0.2, 0.25) is 5.15 Å². The molecule has 1 aliphatic rings. The van der Waals surface area contributed by atoms with Crippen LogP contribution in [0.25, 0.3) is 0 Å². The number of rotatable bonds is 5. The van der Waals surface area contributed by atoms with Crippen molar-refractivity contribution in [3.63, 3.8) is 0 Å². The fourth-order valence-corrected chi connectivity index (χ4v) is 4.57. The number of carbonyl (C=O) groups excluding carboxylic acids is 1. The summed E-state index contributed by atoms with van der Waals surface area (Å²) in [5, 5.41) is 2.89. The molecule has 1 aromatic heterocycles. The zero-order valence-corrected chi connectivity index (χ0v) is 16.2. The van der Waals surface area contributed by atoms with Gasteiger partial charge in [-0.3, -0.25) is 4.79 Å². The van der Waals surface area contributed by atoms with Crippen molar-refractivity contribution in [3.05, 3.63) is 57.8 Å². The number of hydrogen-bond acceptors (Lipinski definition) is 4. The third-order valence-corrected chi connectivity index (χ3v) is 6.52. The molecule has 0 unspecified atom stereocenters. The summed E-state index contributed by atoms with van der Waals surface area (Å²) in [5.41, 5.74) is 0.786. The number of nitrogens with one attached hydrogen (secondary N) is 1. The van der Waals surface area contributed by atoms with Crippen molar-refractivity contribution in [2.24, 2.45) is 0 Å². The van der Waals surface area contributed by atoms with Gasteiger partial charge in [0.15, 0.2) is 0 Å². The Kier molecular flexibility index (Phi) is 5.43. The van der Waals surface area contributed by atoms with Gasteiger partial charge in [0.2, 0.25) is 15.9 Å². The van der Waals surface area contributed by atoms with Gasteiger partial charge in [-0.1, -0.05) is 39.7 Å². The summed E-state index contributed by atoms with van der Waals surface area (Å²) in [5.74, 6) is -0.289. The van der Waals surface area contributed by atoms with E-state index in [4.69, 9.17) is 11.6 Å². The molecular formula is C16H15BrClN3O3S. The Balaban J connectivity index is 1.99. The number of amides is 1. The van der Waals surface area contributed by atoms with Crippen molar-refractivity contribution in [1.29, 1.82) is 0 Å². The third kappa shape index (κ3) is 4.03. The second-order valence-corrected chi connectivity index (χ2v) is 8.78. The number of sulfonamides is 1. The smallest absolute Gasteiger partial charge is 0.245 e. The molecule has 2 aromatic rings. The second kappa shape index (κ2) is 7.41. The van der Waals surface area contributed by atoms with Crippen molar-refractivity contribution in [2.75, 3.05) is 6.54 Å². The van der Waals surface area contributed by atoms with E-state index in [9.17, 15) is 13.2 Å². The first-order valence-electron chi connectivity index (χ1n) is 7.53. The summed E-state index contributed by atoms with van der Waals surface area (Å²) in [7, 11) is -3.90. The van der Waals surface area contributed by atoms with E-state index in [1.807, 2.05) is 24.3 Å². The number of pyridine rings is 1. The van der Waals surface area contributed by atoms with Crippen molar-refractivity contribution in [1.82, 2.24) is 14.6 Å². The Labute approximate surface area is 159 Å². The topological polar surface area (TPSA) is 79.4 Å². The van der Waals surface area contributed by atoms with Crippen LogP contribution in [0.4, 0.5) is 0 Å². The van der Waals surface area contributed by atoms with Crippen LogP contribution in [0, 0.1) is 0 Å². The molecule has 25 heavy (non-hydrogen) atoms. The lowest BCUT2D eigenvalue weighted by molar-refractivity contribution is -0.122. The van der Waals surface area contributed by atoms with Crippen LogP contribution < -0.4 is 5.32 Å². The average Bonchev–Trinajstić information content (AvgIpc) is 3.00. The lowest BCUT2D eigenvalue weighted by Crippen LogP contribution is -2.44. The summed E-state index contributed by atoms with van der Waals surface area (Å²) in [4.78, 5) is 16.0. The summed E-state index contributed by atoms with van der Waals surface area (Å²) in [6.45, 7) is 0.547. The minimum atomic E-state index is -3.90. The van der Waals surface area contributed by atoms with Gasteiger partial charge in [0, 0.05) is 23.8 Å². The highest BCUT2D eigenvalue weighted by Gasteiger charge is 2.38. The van der Waals surface area contributed by atoms with Gasteiger partial charge in [0.1, 0.15) is 16.1 Å². The van der Waals surface area contributed by atoms with Crippen LogP contribution in [0.1, 0.15) is 12.0 Å². The predicted molar refractivity (Wildman–Crippen MR) is 97.5 cm³/mol. The number of benzene rings is 1. The number of hydrogen-bond donors (Lipinski definition) is 1. The van der Waals surface area contributed by atoms with Crippen LogP contribution in [-0.2, 0) is 21.4 Å².